The summed E-state index contributed by atoms with van der Waals surface area (Å²) in [7, 11) is -26.2. The number of benzene rings is 5. The Hall–Kier alpha value is -7.61. The molecule has 0 fully saturated rings. The second kappa shape index (κ2) is 29.6. The van der Waals surface area contributed by atoms with Crippen molar-refractivity contribution in [1.82, 2.24) is 15.6 Å². The molecule has 0 unspecified atom stereocenters. The lowest BCUT2D eigenvalue weighted by Gasteiger charge is -2.27. The molecule has 8 rings (SSSR count). The first-order chi connectivity index (χ1) is 42.8. The molecular formula is C58H64N6O21S7. The fourth-order valence-electron chi connectivity index (χ4n) is 11.1. The van der Waals surface area contributed by atoms with Crippen molar-refractivity contribution >= 4 is 129 Å². The number of nitrogens with zero attached hydrogens (tertiary/aromatic N) is 3. The molecule has 0 saturated heterocycles. The molecule has 0 aliphatic carbocycles. The van der Waals surface area contributed by atoms with Gasteiger partial charge in [-0.3, -0.25) is 28.2 Å². The molecule has 2 aliphatic heterocycles. The minimum absolute atomic E-state index is 0.0106. The highest BCUT2D eigenvalue weighted by Crippen LogP contribution is 2.52. The summed E-state index contributed by atoms with van der Waals surface area (Å²) in [5.41, 5.74) is 3.32. The van der Waals surface area contributed by atoms with Gasteiger partial charge in [-0.1, -0.05) is 57.5 Å². The van der Waals surface area contributed by atoms with Gasteiger partial charge in [-0.25, -0.2) is 22.0 Å². The zero-order valence-electron chi connectivity index (χ0n) is 49.8. The molecule has 34 heteroatoms. The first kappa shape index (κ1) is 73.4. The summed E-state index contributed by atoms with van der Waals surface area (Å²) in [5.74, 6) is -1.30. The van der Waals surface area contributed by atoms with Crippen molar-refractivity contribution < 1.29 is 95.5 Å². The molecule has 7 N–H and O–H groups in total. The number of fused-ring (bicyclic) bond motifs is 6. The topological polar surface area (TPSA) is 443 Å². The minimum Gasteiger partial charge on any atom is -0.748 e. The number of aromatic nitrogens is 1. The number of rotatable bonds is 23. The van der Waals surface area contributed by atoms with Crippen molar-refractivity contribution in [2.45, 2.75) is 110 Å². The Labute approximate surface area is 537 Å². The maximum atomic E-state index is 13.5. The highest BCUT2D eigenvalue weighted by Gasteiger charge is 2.46. The Balaban J connectivity index is 0.00000183. The fraction of sp³-hybridized carbons (Fsp3) is 0.310. The number of carbonyl (C=O) groups is 2. The van der Waals surface area contributed by atoms with Crippen molar-refractivity contribution in [3.05, 3.63) is 155 Å². The van der Waals surface area contributed by atoms with Gasteiger partial charge in [0.2, 0.25) is 21.6 Å². The molecular weight excluding hydrogens is 1340 g/mol. The Morgan fingerprint density at radius 3 is 1.92 bits per heavy atom. The third-order valence-electron chi connectivity index (χ3n) is 15.1. The highest BCUT2D eigenvalue weighted by atomic mass is 32.2. The fourth-order valence-corrected chi connectivity index (χ4v) is 13.9. The number of hydrogen-bond acceptors (Lipinski definition) is 20. The van der Waals surface area contributed by atoms with Crippen LogP contribution in [0.4, 0.5) is 11.4 Å². The van der Waals surface area contributed by atoms with Crippen molar-refractivity contribution in [1.29, 1.82) is 0 Å². The number of amides is 2. The first-order valence-electron chi connectivity index (χ1n) is 27.6. The van der Waals surface area contributed by atoms with Crippen LogP contribution in [0, 0.1) is 0 Å². The van der Waals surface area contributed by atoms with Crippen LogP contribution in [-0.4, -0.2) is 134 Å². The lowest BCUT2D eigenvalue weighted by atomic mass is 9.79. The second-order valence-corrected chi connectivity index (χ2v) is 29.9. The number of primary sulfonamides is 1. The van der Waals surface area contributed by atoms with Crippen LogP contribution in [-0.2, 0) is 94.8 Å². The van der Waals surface area contributed by atoms with E-state index in [1.165, 1.54) is 36.5 Å². The van der Waals surface area contributed by atoms with Gasteiger partial charge >= 0.3 is 22.2 Å². The van der Waals surface area contributed by atoms with E-state index in [1.807, 2.05) is 56.2 Å². The average molecular weight is 1410 g/mol. The van der Waals surface area contributed by atoms with Crippen molar-refractivity contribution in [2.75, 3.05) is 30.3 Å². The van der Waals surface area contributed by atoms with Gasteiger partial charge in [0.25, 0.3) is 36.3 Å². The second-order valence-electron chi connectivity index (χ2n) is 22.0. The van der Waals surface area contributed by atoms with E-state index in [9.17, 15) is 69.9 Å². The van der Waals surface area contributed by atoms with Crippen LogP contribution in [0.1, 0.15) is 106 Å². The molecule has 27 nitrogen and oxygen atoms in total. The predicted molar refractivity (Wildman–Crippen MR) is 339 cm³/mol. The molecule has 0 atom stereocenters. The van der Waals surface area contributed by atoms with Crippen LogP contribution in [0.5, 0.6) is 0 Å². The number of nitrogens with two attached hydrogens (primary N) is 1. The molecule has 0 spiro atoms. The van der Waals surface area contributed by atoms with E-state index in [0.717, 1.165) is 6.07 Å². The van der Waals surface area contributed by atoms with Crippen molar-refractivity contribution in [2.24, 2.45) is 5.14 Å². The number of sulfonamides is 1. The van der Waals surface area contributed by atoms with E-state index < -0.39 is 105 Å². The average Bonchev–Trinajstić information content (AvgIpc) is 1.55. The predicted octanol–water partition coefficient (Wildman–Crippen LogP) is 5.75. The quantitative estimate of drug-likeness (QED) is 0.0192. The summed E-state index contributed by atoms with van der Waals surface area (Å²) in [6, 6.07) is 21.8. The molecule has 0 saturated carbocycles. The molecule has 0 bridgehead atoms. The Kier molecular flexibility index (Phi) is 23.6. The summed E-state index contributed by atoms with van der Waals surface area (Å²) in [5, 5.41) is 12.1. The first-order valence-corrected chi connectivity index (χ1v) is 36.8. The number of hydrogen-bond donors (Lipinski definition) is 6. The summed E-state index contributed by atoms with van der Waals surface area (Å²) < 4.78 is 209. The molecule has 6 aromatic rings. The van der Waals surface area contributed by atoms with Crippen molar-refractivity contribution in [3.63, 3.8) is 0 Å². The maximum Gasteiger partial charge on any atom is 0.425 e. The number of carbonyl (C=O) groups excluding carboxylic acids is 2. The summed E-state index contributed by atoms with van der Waals surface area (Å²) >= 11 is -0.750. The SMILES string of the molecule is CCCN1/C(=C/C=C(/C=C/C2=[N+](CCCS(=O)(=O)[O-])c3ccc4ccc(S(=O)(=O)O)cc4c3C2(C)C)c2ccc(C(=O)NCCCCCC(=O)NCc3ccc(S(N)(=O)=O)cc3)cn2)C(C)(C)c2c1ccc1c(S(=O)(=O)O)cc(S(=O)(=O)O)cc21.O=S(=O)=O.O=S=O. The number of unbranched alkanes of at least 4 members (excludes halogenated alkanes) is 2. The van der Waals surface area contributed by atoms with Crippen LogP contribution in [0.25, 0.3) is 27.1 Å². The van der Waals surface area contributed by atoms with Gasteiger partial charge in [0.05, 0.1) is 41.5 Å². The minimum atomic E-state index is -5.02. The van der Waals surface area contributed by atoms with Crippen LogP contribution in [0.2, 0.25) is 0 Å². The third-order valence-corrected chi connectivity index (χ3v) is 19.4. The number of pyridine rings is 1. The summed E-state index contributed by atoms with van der Waals surface area (Å²) in [6.45, 7) is 10.4. The van der Waals surface area contributed by atoms with Gasteiger partial charge in [-0.2, -0.15) is 38.2 Å². The van der Waals surface area contributed by atoms with Gasteiger partial charge in [0, 0.05) is 89.9 Å². The van der Waals surface area contributed by atoms with Gasteiger partial charge in [0.1, 0.15) is 11.4 Å². The maximum absolute atomic E-state index is 13.5. The van der Waals surface area contributed by atoms with Crippen LogP contribution in [0.3, 0.4) is 0 Å². The zero-order valence-corrected chi connectivity index (χ0v) is 55.5. The van der Waals surface area contributed by atoms with E-state index >= 15 is 0 Å². The van der Waals surface area contributed by atoms with Gasteiger partial charge < -0.3 is 20.1 Å². The lowest BCUT2D eigenvalue weighted by Crippen LogP contribution is -2.28. The lowest BCUT2D eigenvalue weighted by molar-refractivity contribution is -0.437. The zero-order chi connectivity index (χ0) is 68.5. The monoisotopic (exact) mass is 1400 g/mol. The summed E-state index contributed by atoms with van der Waals surface area (Å²) in [6.07, 6.45) is 11.0. The molecule has 1 aromatic heterocycles. The Bertz CT molecular complexity index is 4770. The Morgan fingerprint density at radius 1 is 0.728 bits per heavy atom. The molecule has 5 aromatic carbocycles. The van der Waals surface area contributed by atoms with Crippen LogP contribution < -0.4 is 20.7 Å². The summed E-state index contributed by atoms with van der Waals surface area (Å²) in [4.78, 5) is 30.9. The van der Waals surface area contributed by atoms with E-state index in [1.54, 1.807) is 60.7 Å². The molecule has 92 heavy (non-hydrogen) atoms. The molecule has 2 aliphatic rings. The van der Waals surface area contributed by atoms with Gasteiger partial charge in [-0.15, -0.1) is 12.6 Å². The molecule has 2 amide bonds. The van der Waals surface area contributed by atoms with Crippen molar-refractivity contribution in [3.8, 4) is 0 Å². The van der Waals surface area contributed by atoms with Crippen LogP contribution >= 0.6 is 0 Å². The van der Waals surface area contributed by atoms with Crippen LogP contribution in [0.15, 0.2) is 147 Å². The van der Waals surface area contributed by atoms with E-state index in [2.05, 4.69) is 10.6 Å². The smallest absolute Gasteiger partial charge is 0.425 e. The third kappa shape index (κ3) is 18.2. The van der Waals surface area contributed by atoms with E-state index in [0.29, 0.717) is 99.8 Å². The normalized spacial score (nSPS) is 15.1. The highest BCUT2D eigenvalue weighted by molar-refractivity contribution is 7.89. The number of anilines is 1. The van der Waals surface area contributed by atoms with Gasteiger partial charge in [-0.05, 0) is 133 Å². The molecule has 494 valence electrons. The number of allylic oxidation sites excluding steroid dienone is 6. The molecule has 3 heterocycles. The standard InChI is InChI=1S/C58H64N6O16S5.O3S.O2S/c1-6-29-63-49-25-22-44-46(33-43(84(75,76)77)34-50(44)85(78,79)80)55(49)58(4,5)51(63)26-17-39(47-23-15-40(36-61-47)56(66)60-28-9-7-8-11-53(65)62-35-37-12-19-41(20-13-37)82(59,70)71)18-27-52-57(2,3)54-45-32-42(83(72,73)74)21-14-38(45)16-24-48(54)64(52)30-10-31-81(67,68)69;1-4(2)3;1-3-2/h12-27,32-34,36H,6-11,28-31,35H2,1-5H3,(H7-,59,60,62,65,66,67,68,69,70,71,72,73,74,75,76,77,78,79,80);;. The Morgan fingerprint density at radius 2 is 1.35 bits per heavy atom. The van der Waals surface area contributed by atoms with E-state index in [-0.39, 0.29) is 64.5 Å². The number of nitrogens with one attached hydrogen (secondary N) is 2. The van der Waals surface area contributed by atoms with Gasteiger partial charge in [0.15, 0.2) is 5.71 Å². The molecule has 0 radical (unpaired) electrons. The largest absolute Gasteiger partial charge is 0.748 e. The van der Waals surface area contributed by atoms with E-state index in [4.69, 9.17) is 31.2 Å².